The Hall–Kier alpha value is -0.860. The van der Waals surface area contributed by atoms with E-state index in [4.69, 9.17) is 10.5 Å². The monoisotopic (exact) mass is 391 g/mol. The van der Waals surface area contributed by atoms with E-state index < -0.39 is 5.60 Å². The van der Waals surface area contributed by atoms with Crippen molar-refractivity contribution in [2.75, 3.05) is 32.8 Å². The zero-order valence-corrected chi connectivity index (χ0v) is 14.0. The average molecular weight is 391 g/mol. The number of halogens is 1. The van der Waals surface area contributed by atoms with Crippen molar-refractivity contribution >= 4 is 29.9 Å². The van der Waals surface area contributed by atoms with Gasteiger partial charge in [-0.3, -0.25) is 0 Å². The maximum absolute atomic E-state index is 10.4. The Kier molecular flexibility index (Phi) is 6.70. The fourth-order valence-electron chi connectivity index (χ4n) is 2.02. The highest BCUT2D eigenvalue weighted by Gasteiger charge is 2.23. The minimum atomic E-state index is -1.00. The van der Waals surface area contributed by atoms with Crippen LogP contribution in [-0.2, 0) is 10.3 Å². The van der Waals surface area contributed by atoms with Gasteiger partial charge in [-0.1, -0.05) is 30.3 Å². The van der Waals surface area contributed by atoms with Gasteiger partial charge in [0.05, 0.1) is 19.8 Å². The van der Waals surface area contributed by atoms with Crippen LogP contribution in [0.3, 0.4) is 0 Å². The van der Waals surface area contributed by atoms with Crippen LogP contribution in [0.15, 0.2) is 35.3 Å². The molecule has 0 aromatic heterocycles. The molecule has 3 N–H and O–H groups in total. The van der Waals surface area contributed by atoms with E-state index in [-0.39, 0.29) is 30.5 Å². The van der Waals surface area contributed by atoms with Crippen molar-refractivity contribution in [3.63, 3.8) is 0 Å². The molecule has 1 atom stereocenters. The number of ether oxygens (including phenoxy) is 1. The highest BCUT2D eigenvalue weighted by molar-refractivity contribution is 14.0. The van der Waals surface area contributed by atoms with Gasteiger partial charge in [-0.25, -0.2) is 4.99 Å². The highest BCUT2D eigenvalue weighted by Crippen LogP contribution is 2.20. The summed E-state index contributed by atoms with van der Waals surface area (Å²) in [5.74, 6) is 0.472. The maximum Gasteiger partial charge on any atom is 0.191 e. The molecule has 1 aliphatic rings. The van der Waals surface area contributed by atoms with E-state index in [1.807, 2.05) is 35.2 Å². The van der Waals surface area contributed by atoms with E-state index >= 15 is 0 Å². The first-order chi connectivity index (χ1) is 9.09. The van der Waals surface area contributed by atoms with Crippen molar-refractivity contribution in [3.05, 3.63) is 35.9 Å². The summed E-state index contributed by atoms with van der Waals surface area (Å²) in [6, 6.07) is 9.50. The van der Waals surface area contributed by atoms with Crippen LogP contribution in [0.2, 0.25) is 0 Å². The van der Waals surface area contributed by atoms with Crippen molar-refractivity contribution in [1.29, 1.82) is 0 Å². The molecule has 112 valence electrons. The third kappa shape index (κ3) is 4.60. The van der Waals surface area contributed by atoms with Crippen molar-refractivity contribution in [1.82, 2.24) is 4.90 Å². The first-order valence-corrected chi connectivity index (χ1v) is 6.50. The number of hydrogen-bond acceptors (Lipinski definition) is 3. The average Bonchev–Trinajstić information content (AvgIpc) is 2.47. The van der Waals surface area contributed by atoms with E-state index in [1.165, 1.54) is 0 Å². The molecule has 1 aliphatic heterocycles. The van der Waals surface area contributed by atoms with E-state index in [0.717, 1.165) is 18.7 Å². The largest absolute Gasteiger partial charge is 0.384 e. The minimum Gasteiger partial charge on any atom is -0.384 e. The van der Waals surface area contributed by atoms with Crippen molar-refractivity contribution < 1.29 is 9.84 Å². The van der Waals surface area contributed by atoms with E-state index in [2.05, 4.69) is 4.99 Å². The van der Waals surface area contributed by atoms with Crippen molar-refractivity contribution in [3.8, 4) is 0 Å². The van der Waals surface area contributed by atoms with Crippen LogP contribution in [0.1, 0.15) is 12.5 Å². The third-order valence-corrected chi connectivity index (χ3v) is 3.28. The quantitative estimate of drug-likeness (QED) is 0.461. The predicted molar refractivity (Wildman–Crippen MR) is 90.3 cm³/mol. The number of hydrogen-bond donors (Lipinski definition) is 2. The Labute approximate surface area is 136 Å². The second kappa shape index (κ2) is 7.80. The summed E-state index contributed by atoms with van der Waals surface area (Å²) in [6.45, 7) is 4.85. The molecule has 5 nitrogen and oxygen atoms in total. The number of guanidine groups is 1. The molecule has 0 amide bonds. The number of nitrogens with two attached hydrogens (primary N) is 1. The van der Waals surface area contributed by atoms with Crippen molar-refractivity contribution in [2.24, 2.45) is 10.7 Å². The Morgan fingerprint density at radius 2 is 1.95 bits per heavy atom. The van der Waals surface area contributed by atoms with Crippen LogP contribution >= 0.6 is 24.0 Å². The first-order valence-electron chi connectivity index (χ1n) is 6.50. The fraction of sp³-hybridized carbons (Fsp3) is 0.500. The van der Waals surface area contributed by atoms with E-state index in [1.54, 1.807) is 6.92 Å². The number of morpholine rings is 1. The summed E-state index contributed by atoms with van der Waals surface area (Å²) in [4.78, 5) is 6.29. The molecule has 1 aromatic rings. The Balaban J connectivity index is 0.00000200. The second-order valence-electron chi connectivity index (χ2n) is 4.91. The summed E-state index contributed by atoms with van der Waals surface area (Å²) in [5.41, 5.74) is 5.78. The van der Waals surface area contributed by atoms with Crippen LogP contribution < -0.4 is 5.73 Å². The first kappa shape index (κ1) is 17.2. The molecular weight excluding hydrogens is 369 g/mol. The molecule has 20 heavy (non-hydrogen) atoms. The maximum atomic E-state index is 10.4. The van der Waals surface area contributed by atoms with Gasteiger partial charge in [0.1, 0.15) is 5.60 Å². The number of benzene rings is 1. The zero-order valence-electron chi connectivity index (χ0n) is 11.7. The van der Waals surface area contributed by atoms with Crippen LogP contribution in [-0.4, -0.2) is 48.8 Å². The lowest BCUT2D eigenvalue weighted by atomic mass is 9.96. The van der Waals surface area contributed by atoms with Crippen LogP contribution in [0.5, 0.6) is 0 Å². The fourth-order valence-corrected chi connectivity index (χ4v) is 2.02. The lowest BCUT2D eigenvalue weighted by Gasteiger charge is -2.28. The zero-order chi connectivity index (χ0) is 13.7. The van der Waals surface area contributed by atoms with Gasteiger partial charge in [0.25, 0.3) is 0 Å². The van der Waals surface area contributed by atoms with E-state index in [9.17, 15) is 5.11 Å². The summed E-state index contributed by atoms with van der Waals surface area (Å²) >= 11 is 0. The van der Waals surface area contributed by atoms with Crippen LogP contribution in [0.25, 0.3) is 0 Å². The van der Waals surface area contributed by atoms with Gasteiger partial charge >= 0.3 is 0 Å². The topological polar surface area (TPSA) is 71.1 Å². The smallest absolute Gasteiger partial charge is 0.191 e. The highest BCUT2D eigenvalue weighted by atomic mass is 127. The molecule has 0 spiro atoms. The van der Waals surface area contributed by atoms with E-state index in [0.29, 0.717) is 19.2 Å². The molecular formula is C14H22IN3O2. The number of aliphatic imine (C=N–C) groups is 1. The molecule has 1 heterocycles. The van der Waals surface area contributed by atoms with Crippen molar-refractivity contribution in [2.45, 2.75) is 12.5 Å². The van der Waals surface area contributed by atoms with Gasteiger partial charge < -0.3 is 20.5 Å². The van der Waals surface area contributed by atoms with Gasteiger partial charge in [0, 0.05) is 13.1 Å². The van der Waals surface area contributed by atoms with Gasteiger partial charge in [0.2, 0.25) is 0 Å². The third-order valence-electron chi connectivity index (χ3n) is 3.28. The van der Waals surface area contributed by atoms with Gasteiger partial charge in [-0.15, -0.1) is 24.0 Å². The molecule has 0 radical (unpaired) electrons. The predicted octanol–water partition coefficient (Wildman–Crippen LogP) is 1.16. The number of aliphatic hydroxyl groups is 1. The molecule has 1 aromatic carbocycles. The Bertz CT molecular complexity index is 431. The standard InChI is InChI=1S/C14H21N3O2.HI/c1-14(18,12-5-3-2-4-6-12)11-16-13(15)17-7-9-19-10-8-17;/h2-6,18H,7-11H2,1H3,(H2,15,16);1H. The van der Waals surface area contributed by atoms with Gasteiger partial charge in [-0.2, -0.15) is 0 Å². The molecule has 6 heteroatoms. The van der Waals surface area contributed by atoms with Crippen LogP contribution in [0.4, 0.5) is 0 Å². The lowest BCUT2D eigenvalue weighted by molar-refractivity contribution is 0.0617. The summed E-state index contributed by atoms with van der Waals surface area (Å²) in [5, 5.41) is 10.4. The van der Waals surface area contributed by atoms with Gasteiger partial charge in [-0.05, 0) is 12.5 Å². The summed E-state index contributed by atoms with van der Waals surface area (Å²) in [6.07, 6.45) is 0. The molecule has 0 aliphatic carbocycles. The summed E-state index contributed by atoms with van der Waals surface area (Å²) < 4.78 is 5.26. The second-order valence-corrected chi connectivity index (χ2v) is 4.91. The minimum absolute atomic E-state index is 0. The Morgan fingerprint density at radius 3 is 2.55 bits per heavy atom. The molecule has 0 bridgehead atoms. The molecule has 0 saturated carbocycles. The number of nitrogens with zero attached hydrogens (tertiary/aromatic N) is 2. The SMILES string of the molecule is CC(O)(CN=C(N)N1CCOCC1)c1ccccc1.I. The molecule has 1 unspecified atom stereocenters. The normalized spacial score (nSPS) is 19.1. The molecule has 1 saturated heterocycles. The Morgan fingerprint density at radius 1 is 1.35 bits per heavy atom. The van der Waals surface area contributed by atoms with Crippen LogP contribution in [0, 0.1) is 0 Å². The molecule has 2 rings (SSSR count). The summed E-state index contributed by atoms with van der Waals surface area (Å²) in [7, 11) is 0. The molecule has 1 fully saturated rings. The number of rotatable bonds is 3. The lowest BCUT2D eigenvalue weighted by Crippen LogP contribution is -2.45. The van der Waals surface area contributed by atoms with Gasteiger partial charge in [0.15, 0.2) is 5.96 Å².